The largest absolute Gasteiger partial charge is 0.379 e. The van der Waals surface area contributed by atoms with Gasteiger partial charge in [0, 0.05) is 38.3 Å². The van der Waals surface area contributed by atoms with Crippen LogP contribution in [0.2, 0.25) is 0 Å². The Balaban J connectivity index is 1.17. The second-order valence-electron chi connectivity index (χ2n) is 13.4. The number of amides is 2. The molecule has 0 radical (unpaired) electrons. The Kier molecular flexibility index (Phi) is 11.3. The number of ether oxygens (including phenoxy) is 1. The maximum Gasteiger partial charge on any atom is 0.269 e. The fourth-order valence-electron chi connectivity index (χ4n) is 6.75. The second kappa shape index (κ2) is 16.3. The van der Waals surface area contributed by atoms with E-state index >= 15 is 0 Å². The number of morpholine rings is 1. The third kappa shape index (κ3) is 8.33. The van der Waals surface area contributed by atoms with Gasteiger partial charge < -0.3 is 15.0 Å². The zero-order valence-electron chi connectivity index (χ0n) is 30.3. The molecule has 57 heavy (non-hydrogen) atoms. The van der Waals surface area contributed by atoms with Crippen molar-refractivity contribution in [2.24, 2.45) is 0 Å². The predicted molar refractivity (Wildman–Crippen MR) is 206 cm³/mol. The van der Waals surface area contributed by atoms with Crippen LogP contribution in [-0.4, -0.2) is 109 Å². The maximum absolute atomic E-state index is 14.3. The molecule has 296 valence electrons. The van der Waals surface area contributed by atoms with Gasteiger partial charge in [-0.25, -0.2) is 21.8 Å². The zero-order valence-corrected chi connectivity index (χ0v) is 32.0. The van der Waals surface area contributed by atoms with E-state index in [0.717, 1.165) is 34.1 Å². The Morgan fingerprint density at radius 3 is 2.05 bits per heavy atom. The highest BCUT2D eigenvalue weighted by atomic mass is 32.2. The smallest absolute Gasteiger partial charge is 0.269 e. The molecule has 1 N–H and O–H groups in total. The van der Waals surface area contributed by atoms with Crippen molar-refractivity contribution in [2.75, 3.05) is 52.5 Å². The van der Waals surface area contributed by atoms with Gasteiger partial charge >= 0.3 is 0 Å². The lowest BCUT2D eigenvalue weighted by Gasteiger charge is -2.33. The highest BCUT2D eigenvalue weighted by Crippen LogP contribution is 2.25. The van der Waals surface area contributed by atoms with Gasteiger partial charge in [0.25, 0.3) is 11.2 Å². The summed E-state index contributed by atoms with van der Waals surface area (Å²) in [7, 11) is -8.00. The third-order valence-electron chi connectivity index (χ3n) is 9.74. The van der Waals surface area contributed by atoms with Crippen LogP contribution in [0.1, 0.15) is 17.4 Å². The van der Waals surface area contributed by atoms with Crippen LogP contribution in [0.3, 0.4) is 0 Å². The molecule has 2 aliphatic heterocycles. The molecular formula is C38H37N7O10S2. The van der Waals surface area contributed by atoms with Crippen LogP contribution >= 0.6 is 0 Å². The number of aromatic nitrogens is 2. The molecule has 1 aromatic heterocycles. The Morgan fingerprint density at radius 1 is 0.789 bits per heavy atom. The molecule has 0 saturated carbocycles. The molecule has 17 nitrogen and oxygen atoms in total. The molecule has 2 saturated heterocycles. The number of non-ortho nitro benzene ring substituents is 1. The number of sulfonamides is 2. The van der Waals surface area contributed by atoms with Crippen molar-refractivity contribution < 1.29 is 36.1 Å². The van der Waals surface area contributed by atoms with E-state index in [1.54, 1.807) is 24.3 Å². The molecule has 0 bridgehead atoms. The lowest BCUT2D eigenvalue weighted by atomic mass is 10.0. The topological polar surface area (TPSA) is 211 Å². The molecule has 2 aliphatic rings. The normalized spacial score (nSPS) is 16.4. The lowest BCUT2D eigenvalue weighted by Crippen LogP contribution is -2.54. The summed E-state index contributed by atoms with van der Waals surface area (Å²) in [4.78, 5) is 57.7. The van der Waals surface area contributed by atoms with Crippen LogP contribution in [0.4, 0.5) is 5.69 Å². The number of nitrogens with one attached hydrogen (secondary N) is 1. The number of nitro groups is 1. The van der Waals surface area contributed by atoms with Crippen molar-refractivity contribution in [1.82, 2.24) is 28.4 Å². The fourth-order valence-corrected chi connectivity index (χ4v) is 9.54. The Morgan fingerprint density at radius 2 is 1.40 bits per heavy atom. The molecule has 2 fully saturated rings. The van der Waals surface area contributed by atoms with Gasteiger partial charge in [-0.1, -0.05) is 42.5 Å². The Hall–Kier alpha value is -5.86. The van der Waals surface area contributed by atoms with Gasteiger partial charge in [-0.15, -0.1) is 0 Å². The number of fused-ring (bicyclic) bond motifs is 1. The van der Waals surface area contributed by atoms with Crippen molar-refractivity contribution >= 4 is 48.5 Å². The van der Waals surface area contributed by atoms with E-state index in [9.17, 15) is 41.3 Å². The quantitative estimate of drug-likeness (QED) is 0.143. The van der Waals surface area contributed by atoms with E-state index in [1.165, 1.54) is 38.0 Å². The van der Waals surface area contributed by atoms with Crippen molar-refractivity contribution in [1.29, 1.82) is 0 Å². The molecule has 0 aliphatic carbocycles. The number of nitro benzene ring substituents is 1. The van der Waals surface area contributed by atoms with Crippen LogP contribution in [0.5, 0.6) is 0 Å². The van der Waals surface area contributed by atoms with E-state index in [2.05, 4.69) is 5.32 Å². The van der Waals surface area contributed by atoms with Crippen molar-refractivity contribution in [3.05, 3.63) is 135 Å². The van der Waals surface area contributed by atoms with E-state index in [0.29, 0.717) is 16.6 Å². The third-order valence-corrected chi connectivity index (χ3v) is 13.5. The number of hydrogen-bond donors (Lipinski definition) is 1. The highest BCUT2D eigenvalue weighted by Gasteiger charge is 2.35. The molecule has 1 atom stereocenters. The minimum Gasteiger partial charge on any atom is -0.379 e. The summed E-state index contributed by atoms with van der Waals surface area (Å²) in [6.07, 6.45) is 0.177. The summed E-state index contributed by atoms with van der Waals surface area (Å²) in [5.41, 5.74) is 0.738. The molecule has 0 unspecified atom stereocenters. The summed E-state index contributed by atoms with van der Waals surface area (Å²) >= 11 is 0. The number of piperazine rings is 1. The Bertz CT molecular complexity index is 2600. The molecule has 3 heterocycles. The van der Waals surface area contributed by atoms with Gasteiger partial charge in [0.1, 0.15) is 5.82 Å². The molecule has 4 aromatic carbocycles. The first-order chi connectivity index (χ1) is 27.3. The average molecular weight is 816 g/mol. The average Bonchev–Trinajstić information content (AvgIpc) is 3.22. The molecule has 0 spiro atoms. The number of para-hydroxylation sites is 1. The minimum absolute atomic E-state index is 0.0379. The monoisotopic (exact) mass is 815 g/mol. The van der Waals surface area contributed by atoms with Crippen LogP contribution < -0.4 is 10.9 Å². The first-order valence-electron chi connectivity index (χ1n) is 17.9. The Labute approximate surface area is 327 Å². The van der Waals surface area contributed by atoms with Crippen molar-refractivity contribution in [2.45, 2.75) is 22.3 Å². The van der Waals surface area contributed by atoms with Gasteiger partial charge in [0.2, 0.25) is 31.9 Å². The first kappa shape index (κ1) is 39.4. The number of carbonyl (C=O) groups excluding carboxylic acids is 2. The van der Waals surface area contributed by atoms with E-state index in [4.69, 9.17) is 9.72 Å². The van der Waals surface area contributed by atoms with E-state index in [1.807, 2.05) is 30.3 Å². The summed E-state index contributed by atoms with van der Waals surface area (Å²) in [6.45, 7) is -0.231. The highest BCUT2D eigenvalue weighted by molar-refractivity contribution is 7.89. The minimum atomic E-state index is -4.17. The van der Waals surface area contributed by atoms with Crippen molar-refractivity contribution in [3.8, 4) is 5.69 Å². The number of nitrogens with zero attached hydrogens (tertiary/aromatic N) is 6. The van der Waals surface area contributed by atoms with Crippen LogP contribution in [0.25, 0.3) is 16.6 Å². The van der Waals surface area contributed by atoms with Crippen LogP contribution in [0.15, 0.2) is 118 Å². The lowest BCUT2D eigenvalue weighted by molar-refractivity contribution is -0.384. The molecule has 5 aromatic rings. The molecular weight excluding hydrogens is 779 g/mol. The molecule has 19 heteroatoms. The first-order valence-corrected chi connectivity index (χ1v) is 20.8. The van der Waals surface area contributed by atoms with Gasteiger partial charge in [0.05, 0.1) is 63.6 Å². The zero-order chi connectivity index (χ0) is 40.3. The number of carbonyl (C=O) groups is 2. The van der Waals surface area contributed by atoms with Gasteiger partial charge in [-0.05, 0) is 60.5 Å². The number of hydrogen-bond acceptors (Lipinski definition) is 11. The van der Waals surface area contributed by atoms with E-state index in [-0.39, 0.29) is 67.1 Å². The summed E-state index contributed by atoms with van der Waals surface area (Å²) in [6, 6.07) is 25.2. The van der Waals surface area contributed by atoms with Gasteiger partial charge in [-0.2, -0.15) is 8.61 Å². The molecule has 7 rings (SSSR count). The number of rotatable bonds is 12. The van der Waals surface area contributed by atoms with Crippen LogP contribution in [0, 0.1) is 10.1 Å². The van der Waals surface area contributed by atoms with E-state index < -0.39 is 61.5 Å². The summed E-state index contributed by atoms with van der Waals surface area (Å²) in [5, 5.41) is 14.3. The fraction of sp³-hybridized carbons (Fsp3) is 0.263. The SMILES string of the molecule is O=C(CN1CCN(S(=O)(=O)c2ccc([N+](=O)[O-])cc2)CC1=O)N[C@@H](Cc1ccccc1)c1nc2ccccc2c(=O)n1-c1ccc(S(=O)(=O)N2CCOCC2)cc1. The maximum atomic E-state index is 14.3. The van der Waals surface area contributed by atoms with Crippen molar-refractivity contribution in [3.63, 3.8) is 0 Å². The summed E-state index contributed by atoms with van der Waals surface area (Å²) < 4.78 is 62.3. The van der Waals surface area contributed by atoms with Gasteiger partial charge in [0.15, 0.2) is 0 Å². The predicted octanol–water partition coefficient (Wildman–Crippen LogP) is 2.25. The summed E-state index contributed by atoms with van der Waals surface area (Å²) in [5.74, 6) is -1.07. The second-order valence-corrected chi connectivity index (χ2v) is 17.2. The van der Waals surface area contributed by atoms with Crippen LogP contribution in [-0.2, 0) is 40.8 Å². The standard InChI is InChI=1S/C38H37N7O10S2/c46-35(25-41-18-19-43(26-36(41)47)57(53,54)31-16-12-29(13-17-31)45(49)50)39-34(24-27-6-2-1-3-7-27)37-40-33-9-5-4-8-32(33)38(48)44(37)28-10-14-30(15-11-28)56(51,52)42-20-22-55-23-21-42/h1-17,34H,18-26H2,(H,39,46)/t34-/m0/s1. The number of benzene rings is 4. The molecule has 2 amide bonds. The van der Waals surface area contributed by atoms with Gasteiger partial charge in [-0.3, -0.25) is 29.1 Å².